The topological polar surface area (TPSA) is 67.3 Å². The minimum Gasteiger partial charge on any atom is -0.394 e. The first-order valence-corrected chi connectivity index (χ1v) is 5.04. The third-order valence-corrected chi connectivity index (χ3v) is 1.77. The molecular formula is C10H17N3O2. The molecule has 0 fully saturated rings. The predicted molar refractivity (Wildman–Crippen MR) is 57.8 cm³/mol. The zero-order valence-electron chi connectivity index (χ0n) is 8.94. The van der Waals surface area contributed by atoms with Gasteiger partial charge in [-0.1, -0.05) is 0 Å². The third kappa shape index (κ3) is 5.29. The summed E-state index contributed by atoms with van der Waals surface area (Å²) in [6.45, 7) is 3.84. The van der Waals surface area contributed by atoms with Gasteiger partial charge in [0, 0.05) is 25.5 Å². The largest absolute Gasteiger partial charge is 0.394 e. The van der Waals surface area contributed by atoms with Crippen molar-refractivity contribution in [3.05, 3.63) is 18.0 Å². The summed E-state index contributed by atoms with van der Waals surface area (Å²) in [6, 6.07) is 0. The monoisotopic (exact) mass is 211 g/mol. The smallest absolute Gasteiger partial charge is 0.222 e. The summed E-state index contributed by atoms with van der Waals surface area (Å²) < 4.78 is 5.11. The number of nitrogens with one attached hydrogen (secondary N) is 1. The Kier molecular flexibility index (Phi) is 5.65. The lowest BCUT2D eigenvalue weighted by Gasteiger charge is -2.04. The number of anilines is 1. The van der Waals surface area contributed by atoms with Crippen molar-refractivity contribution in [2.45, 2.75) is 13.3 Å². The lowest BCUT2D eigenvalue weighted by atomic mass is 10.4. The molecule has 0 amide bonds. The van der Waals surface area contributed by atoms with Gasteiger partial charge in [0.15, 0.2) is 0 Å². The Bertz CT molecular complexity index is 264. The van der Waals surface area contributed by atoms with Crippen molar-refractivity contribution in [3.8, 4) is 0 Å². The fourth-order valence-corrected chi connectivity index (χ4v) is 1.02. The van der Waals surface area contributed by atoms with Crippen LogP contribution in [0.25, 0.3) is 0 Å². The lowest BCUT2D eigenvalue weighted by molar-refractivity contribution is 0.0921. The van der Waals surface area contributed by atoms with Crippen LogP contribution in [-0.2, 0) is 4.74 Å². The summed E-state index contributed by atoms with van der Waals surface area (Å²) in [4.78, 5) is 8.22. The Labute approximate surface area is 89.5 Å². The SMILES string of the molecule is Cc1cnc(NCCCOCCO)nc1. The summed E-state index contributed by atoms with van der Waals surface area (Å²) >= 11 is 0. The Balaban J connectivity index is 2.07. The van der Waals surface area contributed by atoms with E-state index in [1.807, 2.05) is 6.92 Å². The summed E-state index contributed by atoms with van der Waals surface area (Å²) in [5.74, 6) is 0.641. The van der Waals surface area contributed by atoms with Crippen molar-refractivity contribution in [2.75, 3.05) is 31.7 Å². The quantitative estimate of drug-likeness (QED) is 0.646. The normalized spacial score (nSPS) is 10.3. The highest BCUT2D eigenvalue weighted by molar-refractivity contribution is 5.23. The van der Waals surface area contributed by atoms with Gasteiger partial charge in [-0.15, -0.1) is 0 Å². The number of nitrogens with zero attached hydrogens (tertiary/aromatic N) is 2. The molecule has 5 nitrogen and oxygen atoms in total. The predicted octanol–water partition coefficient (Wildman–Crippen LogP) is 0.596. The molecule has 0 saturated carbocycles. The molecule has 5 heteroatoms. The first-order valence-electron chi connectivity index (χ1n) is 5.04. The second kappa shape index (κ2) is 7.14. The average Bonchev–Trinajstić information content (AvgIpc) is 2.26. The van der Waals surface area contributed by atoms with E-state index in [-0.39, 0.29) is 6.61 Å². The summed E-state index contributed by atoms with van der Waals surface area (Å²) in [5, 5.41) is 11.6. The number of aryl methyl sites for hydroxylation is 1. The molecule has 84 valence electrons. The molecule has 0 spiro atoms. The third-order valence-electron chi connectivity index (χ3n) is 1.77. The van der Waals surface area contributed by atoms with Gasteiger partial charge in [-0.25, -0.2) is 9.97 Å². The van der Waals surface area contributed by atoms with Gasteiger partial charge in [0.2, 0.25) is 5.95 Å². The maximum absolute atomic E-state index is 8.47. The van der Waals surface area contributed by atoms with Gasteiger partial charge in [0.05, 0.1) is 13.2 Å². The van der Waals surface area contributed by atoms with Crippen molar-refractivity contribution in [3.63, 3.8) is 0 Å². The van der Waals surface area contributed by atoms with E-state index in [1.54, 1.807) is 12.4 Å². The molecule has 0 saturated heterocycles. The van der Waals surface area contributed by atoms with Crippen LogP contribution in [0.4, 0.5) is 5.95 Å². The van der Waals surface area contributed by atoms with Crippen LogP contribution in [-0.4, -0.2) is 41.4 Å². The highest BCUT2D eigenvalue weighted by Gasteiger charge is 1.94. The molecule has 0 aromatic carbocycles. The van der Waals surface area contributed by atoms with Gasteiger partial charge in [0.1, 0.15) is 0 Å². The highest BCUT2D eigenvalue weighted by atomic mass is 16.5. The molecule has 2 N–H and O–H groups in total. The number of ether oxygens (including phenoxy) is 1. The number of hydrogen-bond acceptors (Lipinski definition) is 5. The fourth-order valence-electron chi connectivity index (χ4n) is 1.02. The van der Waals surface area contributed by atoms with Crippen LogP contribution in [0.2, 0.25) is 0 Å². The molecular weight excluding hydrogens is 194 g/mol. The second-order valence-electron chi connectivity index (χ2n) is 3.20. The van der Waals surface area contributed by atoms with Crippen LogP contribution in [0.15, 0.2) is 12.4 Å². The van der Waals surface area contributed by atoms with E-state index in [1.165, 1.54) is 0 Å². The van der Waals surface area contributed by atoms with Gasteiger partial charge >= 0.3 is 0 Å². The minimum absolute atomic E-state index is 0.0779. The van der Waals surface area contributed by atoms with Gasteiger partial charge in [-0.3, -0.25) is 0 Å². The van der Waals surface area contributed by atoms with Crippen molar-refractivity contribution < 1.29 is 9.84 Å². The van der Waals surface area contributed by atoms with E-state index in [0.29, 0.717) is 19.2 Å². The highest BCUT2D eigenvalue weighted by Crippen LogP contribution is 1.98. The van der Waals surface area contributed by atoms with Crippen molar-refractivity contribution in [1.29, 1.82) is 0 Å². The molecule has 1 heterocycles. The van der Waals surface area contributed by atoms with E-state index in [0.717, 1.165) is 18.5 Å². The maximum Gasteiger partial charge on any atom is 0.222 e. The number of aromatic nitrogens is 2. The summed E-state index contributed by atoms with van der Waals surface area (Å²) in [6.07, 6.45) is 4.42. The van der Waals surface area contributed by atoms with E-state index >= 15 is 0 Å². The Morgan fingerprint density at radius 3 is 2.73 bits per heavy atom. The van der Waals surface area contributed by atoms with Crippen LogP contribution in [0.1, 0.15) is 12.0 Å². The lowest BCUT2D eigenvalue weighted by Crippen LogP contribution is -2.09. The molecule has 0 aliphatic rings. The van der Waals surface area contributed by atoms with E-state index in [4.69, 9.17) is 9.84 Å². The van der Waals surface area contributed by atoms with Gasteiger partial charge in [0.25, 0.3) is 0 Å². The number of aliphatic hydroxyl groups is 1. The molecule has 0 aliphatic heterocycles. The average molecular weight is 211 g/mol. The first kappa shape index (κ1) is 11.9. The van der Waals surface area contributed by atoms with Crippen LogP contribution < -0.4 is 5.32 Å². The number of aliphatic hydroxyl groups excluding tert-OH is 1. The molecule has 0 radical (unpaired) electrons. The number of rotatable bonds is 7. The minimum atomic E-state index is 0.0779. The Morgan fingerprint density at radius 1 is 1.33 bits per heavy atom. The van der Waals surface area contributed by atoms with Crippen LogP contribution in [0.3, 0.4) is 0 Å². The van der Waals surface area contributed by atoms with Gasteiger partial charge < -0.3 is 15.2 Å². The van der Waals surface area contributed by atoms with Crippen molar-refractivity contribution >= 4 is 5.95 Å². The van der Waals surface area contributed by atoms with Crippen LogP contribution in [0.5, 0.6) is 0 Å². The van der Waals surface area contributed by atoms with E-state index in [9.17, 15) is 0 Å². The van der Waals surface area contributed by atoms with Crippen LogP contribution in [0, 0.1) is 6.92 Å². The summed E-state index contributed by atoms with van der Waals surface area (Å²) in [7, 11) is 0. The second-order valence-corrected chi connectivity index (χ2v) is 3.20. The molecule has 1 aromatic rings. The van der Waals surface area contributed by atoms with Crippen molar-refractivity contribution in [1.82, 2.24) is 9.97 Å². The standard InChI is InChI=1S/C10H17N3O2/c1-9-7-12-10(13-8-9)11-3-2-5-15-6-4-14/h7-8,14H,2-6H2,1H3,(H,11,12,13). The number of hydrogen-bond donors (Lipinski definition) is 2. The molecule has 0 unspecified atom stereocenters. The zero-order chi connectivity index (χ0) is 10.9. The molecule has 0 aliphatic carbocycles. The fraction of sp³-hybridized carbons (Fsp3) is 0.600. The van der Waals surface area contributed by atoms with E-state index in [2.05, 4.69) is 15.3 Å². The maximum atomic E-state index is 8.47. The van der Waals surface area contributed by atoms with Gasteiger partial charge in [-0.05, 0) is 18.9 Å². The van der Waals surface area contributed by atoms with Crippen LogP contribution >= 0.6 is 0 Å². The molecule has 1 rings (SSSR count). The zero-order valence-corrected chi connectivity index (χ0v) is 8.94. The molecule has 1 aromatic heterocycles. The first-order chi connectivity index (χ1) is 7.33. The summed E-state index contributed by atoms with van der Waals surface area (Å²) in [5.41, 5.74) is 1.05. The Morgan fingerprint density at radius 2 is 2.07 bits per heavy atom. The van der Waals surface area contributed by atoms with E-state index < -0.39 is 0 Å². The molecule has 0 bridgehead atoms. The molecule has 15 heavy (non-hydrogen) atoms. The molecule has 0 atom stereocenters. The van der Waals surface area contributed by atoms with Gasteiger partial charge in [-0.2, -0.15) is 0 Å². The Hall–Kier alpha value is -1.20. The van der Waals surface area contributed by atoms with Crippen molar-refractivity contribution in [2.24, 2.45) is 0 Å².